The number of aliphatic carboxylic acids is 1. The fraction of sp³-hybridized carbons (Fsp3) is 0.868. The number of fused-ring (bicyclic) bond motifs is 4. The summed E-state index contributed by atoms with van der Waals surface area (Å²) in [5.41, 5.74) is -1.73. The monoisotopic (exact) mass is 672 g/mol. The number of hydrogen-bond donors (Lipinski definition) is 3. The van der Waals surface area contributed by atoms with Gasteiger partial charge in [-0.25, -0.2) is 0 Å². The number of aliphatic hydroxyl groups excluding tert-OH is 1. The topological polar surface area (TPSA) is 135 Å². The van der Waals surface area contributed by atoms with Crippen LogP contribution >= 0.6 is 0 Å². The summed E-state index contributed by atoms with van der Waals surface area (Å²) >= 11 is 0. The number of carbonyl (C=O) groups is 2. The Kier molecular flexibility index (Phi) is 8.30. The third kappa shape index (κ3) is 4.85. The van der Waals surface area contributed by atoms with Gasteiger partial charge in [0.15, 0.2) is 12.4 Å². The van der Waals surface area contributed by atoms with E-state index in [1.54, 1.807) is 19.8 Å². The number of rotatable bonds is 7. The Morgan fingerprint density at radius 1 is 1.12 bits per heavy atom. The summed E-state index contributed by atoms with van der Waals surface area (Å²) in [7, 11) is 0. The summed E-state index contributed by atoms with van der Waals surface area (Å²) in [6.07, 6.45) is 7.08. The van der Waals surface area contributed by atoms with Crippen molar-refractivity contribution in [3.63, 3.8) is 0 Å². The molecule has 5 saturated carbocycles. The van der Waals surface area contributed by atoms with Crippen LogP contribution in [0.3, 0.4) is 0 Å². The molecule has 269 valence electrons. The minimum Gasteiger partial charge on any atom is -0.480 e. The fourth-order valence-corrected chi connectivity index (χ4v) is 12.9. The van der Waals surface area contributed by atoms with E-state index in [0.29, 0.717) is 44.2 Å². The molecule has 7 aliphatic rings. The van der Waals surface area contributed by atoms with Crippen LogP contribution < -0.4 is 0 Å². The van der Waals surface area contributed by atoms with Gasteiger partial charge in [0.2, 0.25) is 0 Å². The first-order chi connectivity index (χ1) is 22.3. The normalized spacial score (nSPS) is 46.8. The second kappa shape index (κ2) is 11.3. The number of morpholine rings is 1. The van der Waals surface area contributed by atoms with Gasteiger partial charge in [-0.15, -0.1) is 0 Å². The summed E-state index contributed by atoms with van der Waals surface area (Å²) in [5, 5.41) is 32.8. The molecular formula is C38H58NO9. The maximum absolute atomic E-state index is 12.5. The van der Waals surface area contributed by atoms with Crippen LogP contribution in [0.5, 0.6) is 0 Å². The van der Waals surface area contributed by atoms with Gasteiger partial charge >= 0.3 is 11.9 Å². The Balaban J connectivity index is 1.12. The van der Waals surface area contributed by atoms with Gasteiger partial charge in [-0.3, -0.25) is 14.5 Å². The van der Waals surface area contributed by atoms with E-state index in [1.165, 1.54) is 13.3 Å². The standard InChI is InChI=1S/C38H58NO9/c1-21-17-23(32(34(5,6)44)46-22(2)40)47-30-29(21)35(7)13-14-38-20-37(38)12-11-26(48-28-19-39(15-16-45-28)18-27(41)42)33(3,4)24(37)9-10-25(38)36(35,8)31(30)43/h21,24,26,28-29,31-32,43-44H,9-20H2,1-8H3,(H,41,42)/t21-,24+,26?,28+,29+,31+,32+,35-,36-,37-,38+/m1/s1. The second-order valence-corrected chi connectivity index (χ2v) is 18.2. The maximum Gasteiger partial charge on any atom is 0.317 e. The molecule has 0 aromatic rings. The molecule has 7 fully saturated rings. The number of hydrogen-bond acceptors (Lipinski definition) is 9. The molecule has 2 saturated heterocycles. The van der Waals surface area contributed by atoms with E-state index in [4.69, 9.17) is 18.9 Å². The van der Waals surface area contributed by atoms with E-state index in [1.807, 2.05) is 4.90 Å². The van der Waals surface area contributed by atoms with Crippen molar-refractivity contribution in [2.24, 2.45) is 44.8 Å². The molecule has 0 amide bonds. The van der Waals surface area contributed by atoms with Crippen molar-refractivity contribution in [2.75, 3.05) is 26.2 Å². The second-order valence-electron chi connectivity index (χ2n) is 18.2. The molecule has 0 aromatic heterocycles. The number of carbonyl (C=O) groups excluding carboxylic acids is 1. The highest BCUT2D eigenvalue weighted by Gasteiger charge is 2.85. The van der Waals surface area contributed by atoms with E-state index in [-0.39, 0.29) is 46.1 Å². The summed E-state index contributed by atoms with van der Waals surface area (Å²) in [4.78, 5) is 25.3. The van der Waals surface area contributed by atoms with Gasteiger partial charge in [0.05, 0.1) is 37.5 Å². The van der Waals surface area contributed by atoms with Gasteiger partial charge in [0, 0.05) is 24.8 Å². The Morgan fingerprint density at radius 3 is 2.52 bits per heavy atom. The van der Waals surface area contributed by atoms with Gasteiger partial charge in [-0.1, -0.05) is 34.6 Å². The summed E-state index contributed by atoms with van der Waals surface area (Å²) in [6.45, 7) is 17.8. The minimum atomic E-state index is -1.33. The molecule has 3 radical (unpaired) electrons. The lowest BCUT2D eigenvalue weighted by atomic mass is 9.41. The van der Waals surface area contributed by atoms with Crippen molar-refractivity contribution in [1.82, 2.24) is 4.90 Å². The Hall–Kier alpha value is -1.30. The van der Waals surface area contributed by atoms with E-state index in [0.717, 1.165) is 38.5 Å². The number of carboxylic acids is 1. The third-order valence-electron chi connectivity index (χ3n) is 15.0. The molecule has 11 atom stereocenters. The fourth-order valence-electron chi connectivity index (χ4n) is 12.9. The van der Waals surface area contributed by atoms with Crippen molar-refractivity contribution in [1.29, 1.82) is 0 Å². The van der Waals surface area contributed by atoms with Crippen LogP contribution in [0.2, 0.25) is 0 Å². The highest BCUT2D eigenvalue weighted by atomic mass is 16.7. The molecule has 2 spiro atoms. The zero-order valence-corrected chi connectivity index (χ0v) is 30.3. The summed E-state index contributed by atoms with van der Waals surface area (Å²) in [5.74, 6) is 0.950. The SMILES string of the molecule is CC(=O)O[C@@H]([C]1C[C@@H](C)[C@H]2[C](O1)[C@H](O)[C@@]1(C)[C]3CC[C@H]4C(C)(C)C(O[C@H]5CN(CC(=O)O)CCO5)CC[C@@]45C[C@@]35CC[C@]21C)C(C)(C)O. The average Bonchev–Trinajstić information content (AvgIpc) is 3.61. The van der Waals surface area contributed by atoms with E-state index < -0.39 is 41.5 Å². The molecule has 10 heteroatoms. The van der Waals surface area contributed by atoms with Gasteiger partial charge in [-0.2, -0.15) is 0 Å². The Bertz CT molecular complexity index is 1300. The first-order valence-electron chi connectivity index (χ1n) is 18.4. The van der Waals surface area contributed by atoms with Crippen LogP contribution in [-0.2, 0) is 28.5 Å². The predicted octanol–water partition coefficient (Wildman–Crippen LogP) is 4.92. The van der Waals surface area contributed by atoms with E-state index in [9.17, 15) is 24.9 Å². The zero-order valence-electron chi connectivity index (χ0n) is 30.3. The molecule has 7 rings (SSSR count). The molecule has 2 aliphatic heterocycles. The van der Waals surface area contributed by atoms with Crippen LogP contribution in [0.25, 0.3) is 0 Å². The lowest BCUT2D eigenvalue weighted by Crippen LogP contribution is -2.59. The predicted molar refractivity (Wildman–Crippen MR) is 175 cm³/mol. The quantitative estimate of drug-likeness (QED) is 0.320. The largest absolute Gasteiger partial charge is 0.480 e. The maximum atomic E-state index is 12.5. The lowest BCUT2D eigenvalue weighted by molar-refractivity contribution is -0.243. The number of ether oxygens (including phenoxy) is 4. The molecule has 3 N–H and O–H groups in total. The molecule has 1 unspecified atom stereocenters. The number of esters is 1. The van der Waals surface area contributed by atoms with Crippen molar-refractivity contribution in [3.8, 4) is 0 Å². The zero-order chi connectivity index (χ0) is 34.8. The van der Waals surface area contributed by atoms with Crippen LogP contribution in [0, 0.1) is 63.0 Å². The third-order valence-corrected chi connectivity index (χ3v) is 15.0. The Labute approximate surface area is 286 Å². The van der Waals surface area contributed by atoms with Gasteiger partial charge in [0.1, 0.15) is 12.2 Å². The molecule has 5 aliphatic carbocycles. The summed E-state index contributed by atoms with van der Waals surface area (Å²) in [6, 6.07) is 0. The first kappa shape index (κ1) is 35.1. The van der Waals surface area contributed by atoms with Crippen LogP contribution in [0.4, 0.5) is 0 Å². The molecule has 2 heterocycles. The number of carboxylic acid groups (broad SMARTS) is 1. The highest BCUT2D eigenvalue weighted by Crippen LogP contribution is 2.90. The van der Waals surface area contributed by atoms with Crippen molar-refractivity contribution < 1.29 is 43.9 Å². The highest BCUT2D eigenvalue weighted by molar-refractivity contribution is 5.69. The van der Waals surface area contributed by atoms with Gasteiger partial charge < -0.3 is 34.3 Å². The average molecular weight is 673 g/mol. The summed E-state index contributed by atoms with van der Waals surface area (Å²) < 4.78 is 25.0. The van der Waals surface area contributed by atoms with E-state index >= 15 is 0 Å². The smallest absolute Gasteiger partial charge is 0.317 e. The molecule has 0 bridgehead atoms. The number of nitrogens with zero attached hydrogens (tertiary/aromatic N) is 1. The molecular weight excluding hydrogens is 614 g/mol. The van der Waals surface area contributed by atoms with Crippen LogP contribution in [0.1, 0.15) is 107 Å². The molecule has 48 heavy (non-hydrogen) atoms. The van der Waals surface area contributed by atoms with Crippen molar-refractivity contribution in [3.05, 3.63) is 18.1 Å². The lowest BCUT2D eigenvalue weighted by Gasteiger charge is -2.63. The van der Waals surface area contributed by atoms with Crippen molar-refractivity contribution >= 4 is 11.9 Å². The first-order valence-corrected chi connectivity index (χ1v) is 18.4. The van der Waals surface area contributed by atoms with Gasteiger partial charge in [0.25, 0.3) is 0 Å². The number of aliphatic hydroxyl groups is 2. The molecule has 10 nitrogen and oxygen atoms in total. The van der Waals surface area contributed by atoms with Crippen LogP contribution in [0.15, 0.2) is 0 Å². The van der Waals surface area contributed by atoms with E-state index in [2.05, 4.69) is 34.6 Å². The Morgan fingerprint density at radius 2 is 1.85 bits per heavy atom. The van der Waals surface area contributed by atoms with Gasteiger partial charge in [-0.05, 0) is 105 Å². The van der Waals surface area contributed by atoms with Crippen molar-refractivity contribution in [2.45, 2.75) is 137 Å². The molecule has 0 aromatic carbocycles. The minimum absolute atomic E-state index is 0.00302. The van der Waals surface area contributed by atoms with Crippen LogP contribution in [-0.4, -0.2) is 88.6 Å².